The number of ketones is 1. The second kappa shape index (κ2) is 12.0. The van der Waals surface area contributed by atoms with Gasteiger partial charge >= 0.3 is 0 Å². The first-order chi connectivity index (χ1) is 19.5. The number of para-hydroxylation sites is 3. The zero-order valence-electron chi connectivity index (χ0n) is 23.5. The van der Waals surface area contributed by atoms with Crippen molar-refractivity contribution < 1.29 is 4.79 Å². The monoisotopic (exact) mass is 524 g/mol. The molecule has 40 heavy (non-hydrogen) atoms. The van der Waals surface area contributed by atoms with Crippen LogP contribution in [0, 0.1) is 5.41 Å². The van der Waals surface area contributed by atoms with E-state index in [1.165, 1.54) is 0 Å². The second-order valence-electron chi connectivity index (χ2n) is 10.3. The van der Waals surface area contributed by atoms with Gasteiger partial charge in [0.1, 0.15) is 0 Å². The van der Waals surface area contributed by atoms with Gasteiger partial charge in [0.2, 0.25) is 0 Å². The molecule has 0 aromatic heterocycles. The number of benzene rings is 5. The summed E-state index contributed by atoms with van der Waals surface area (Å²) in [4.78, 5) is 17.8. The van der Waals surface area contributed by atoms with Gasteiger partial charge in [-0.3, -0.25) is 4.79 Å². The Balaban J connectivity index is 1.52. The van der Waals surface area contributed by atoms with Crippen LogP contribution in [0.15, 0.2) is 140 Å². The number of rotatable bonds is 10. The van der Waals surface area contributed by atoms with E-state index in [2.05, 4.69) is 140 Å². The fraction of sp³-hybridized carbons (Fsp3) is 0.162. The molecule has 0 atom stereocenters. The lowest BCUT2D eigenvalue weighted by Gasteiger charge is -2.29. The van der Waals surface area contributed by atoms with E-state index in [0.717, 1.165) is 52.5 Å². The number of carbonyl (C=O) groups excluding carboxylic acids is 1. The molecule has 0 unspecified atom stereocenters. The van der Waals surface area contributed by atoms with Gasteiger partial charge in [-0.1, -0.05) is 75.4 Å². The average Bonchev–Trinajstić information content (AvgIpc) is 3.03. The molecule has 0 fully saturated rings. The number of nitrogens with zero attached hydrogens (tertiary/aromatic N) is 2. The Labute approximate surface area is 238 Å². The molecule has 0 saturated carbocycles. The normalized spacial score (nSPS) is 11.2. The van der Waals surface area contributed by atoms with E-state index in [4.69, 9.17) is 0 Å². The van der Waals surface area contributed by atoms with E-state index in [0.29, 0.717) is 0 Å². The van der Waals surface area contributed by atoms with Crippen molar-refractivity contribution in [2.45, 2.75) is 33.6 Å². The van der Waals surface area contributed by atoms with Crippen LogP contribution in [0.3, 0.4) is 0 Å². The SMILES string of the molecule is CCC(C)(CC)C(=O)c1ccc(N(c2ccccc2)c2ccc(N(c3ccccc3)c3ccccc3)cc2)cc1. The summed E-state index contributed by atoms with van der Waals surface area (Å²) < 4.78 is 0. The molecule has 0 aliphatic carbocycles. The molecule has 0 N–H and O–H groups in total. The maximum Gasteiger partial charge on any atom is 0.168 e. The summed E-state index contributed by atoms with van der Waals surface area (Å²) in [6.07, 6.45) is 1.66. The molecule has 0 amide bonds. The number of carbonyl (C=O) groups is 1. The quantitative estimate of drug-likeness (QED) is 0.170. The highest BCUT2D eigenvalue weighted by Gasteiger charge is 2.30. The molecule has 5 aromatic carbocycles. The highest BCUT2D eigenvalue weighted by molar-refractivity contribution is 6.00. The van der Waals surface area contributed by atoms with E-state index in [1.807, 2.05) is 30.3 Å². The van der Waals surface area contributed by atoms with Gasteiger partial charge in [-0.2, -0.15) is 0 Å². The Morgan fingerprint density at radius 1 is 0.475 bits per heavy atom. The van der Waals surface area contributed by atoms with E-state index in [9.17, 15) is 4.79 Å². The lowest BCUT2D eigenvalue weighted by molar-refractivity contribution is 0.0803. The van der Waals surface area contributed by atoms with Crippen LogP contribution < -0.4 is 9.80 Å². The number of hydrogen-bond acceptors (Lipinski definition) is 3. The Bertz CT molecular complexity index is 1470. The predicted octanol–water partition coefficient (Wildman–Crippen LogP) is 10.6. The molecule has 5 rings (SSSR count). The zero-order valence-corrected chi connectivity index (χ0v) is 23.5. The van der Waals surface area contributed by atoms with Crippen LogP contribution in [-0.4, -0.2) is 5.78 Å². The summed E-state index contributed by atoms with van der Waals surface area (Å²) in [6.45, 7) is 6.25. The Kier molecular flexibility index (Phi) is 8.12. The topological polar surface area (TPSA) is 23.6 Å². The third-order valence-electron chi connectivity index (χ3n) is 7.91. The van der Waals surface area contributed by atoms with Crippen molar-refractivity contribution in [3.8, 4) is 0 Å². The fourth-order valence-electron chi connectivity index (χ4n) is 5.06. The van der Waals surface area contributed by atoms with Crippen LogP contribution in [0.1, 0.15) is 44.0 Å². The van der Waals surface area contributed by atoms with Crippen LogP contribution in [0.25, 0.3) is 0 Å². The number of Topliss-reactive ketones (excluding diaryl/α,β-unsaturated/α-hetero) is 1. The van der Waals surface area contributed by atoms with E-state index < -0.39 is 0 Å². The lowest BCUT2D eigenvalue weighted by atomic mass is 9.78. The summed E-state index contributed by atoms with van der Waals surface area (Å²) in [5.41, 5.74) is 6.83. The molecule has 0 spiro atoms. The zero-order chi connectivity index (χ0) is 28.0. The lowest BCUT2D eigenvalue weighted by Crippen LogP contribution is -2.26. The van der Waals surface area contributed by atoms with Gasteiger partial charge in [0.05, 0.1) is 0 Å². The van der Waals surface area contributed by atoms with Crippen molar-refractivity contribution >= 4 is 39.9 Å². The molecule has 0 radical (unpaired) electrons. The van der Waals surface area contributed by atoms with Gasteiger partial charge in [-0.25, -0.2) is 0 Å². The van der Waals surface area contributed by atoms with Crippen LogP contribution >= 0.6 is 0 Å². The van der Waals surface area contributed by atoms with Crippen molar-refractivity contribution in [1.82, 2.24) is 0 Å². The van der Waals surface area contributed by atoms with Crippen LogP contribution in [0.2, 0.25) is 0 Å². The van der Waals surface area contributed by atoms with E-state index in [1.54, 1.807) is 0 Å². The summed E-state index contributed by atoms with van der Waals surface area (Å²) in [7, 11) is 0. The fourth-order valence-corrected chi connectivity index (χ4v) is 5.06. The minimum atomic E-state index is -0.333. The minimum Gasteiger partial charge on any atom is -0.311 e. The van der Waals surface area contributed by atoms with E-state index >= 15 is 0 Å². The molecule has 0 saturated heterocycles. The molecule has 0 heterocycles. The van der Waals surface area contributed by atoms with Gasteiger partial charge in [-0.15, -0.1) is 0 Å². The maximum atomic E-state index is 13.3. The first-order valence-electron chi connectivity index (χ1n) is 14.0. The van der Waals surface area contributed by atoms with Crippen molar-refractivity contribution in [1.29, 1.82) is 0 Å². The number of anilines is 6. The van der Waals surface area contributed by atoms with Gasteiger partial charge in [-0.05, 0) is 97.8 Å². The second-order valence-corrected chi connectivity index (χ2v) is 10.3. The van der Waals surface area contributed by atoms with Crippen molar-refractivity contribution in [2.24, 2.45) is 5.41 Å². The molecular weight excluding hydrogens is 488 g/mol. The molecule has 200 valence electrons. The molecule has 5 aromatic rings. The molecule has 3 nitrogen and oxygen atoms in total. The van der Waals surface area contributed by atoms with Crippen LogP contribution in [-0.2, 0) is 0 Å². The van der Waals surface area contributed by atoms with E-state index in [-0.39, 0.29) is 11.2 Å². The van der Waals surface area contributed by atoms with Gasteiger partial charge in [0.25, 0.3) is 0 Å². The molecular formula is C37H36N2O. The number of hydrogen-bond donors (Lipinski definition) is 0. The first kappa shape index (κ1) is 27.0. The molecule has 0 bridgehead atoms. The Morgan fingerprint density at radius 3 is 1.05 bits per heavy atom. The van der Waals surface area contributed by atoms with Crippen molar-refractivity contribution in [3.05, 3.63) is 145 Å². The molecule has 3 heteroatoms. The summed E-state index contributed by atoms with van der Waals surface area (Å²) >= 11 is 0. The highest BCUT2D eigenvalue weighted by Crippen LogP contribution is 2.39. The first-order valence-corrected chi connectivity index (χ1v) is 14.0. The minimum absolute atomic E-state index is 0.210. The van der Waals surface area contributed by atoms with Crippen molar-refractivity contribution in [3.63, 3.8) is 0 Å². The largest absolute Gasteiger partial charge is 0.311 e. The average molecular weight is 525 g/mol. The summed E-state index contributed by atoms with van der Waals surface area (Å²) in [5, 5.41) is 0. The third kappa shape index (κ3) is 5.55. The van der Waals surface area contributed by atoms with Gasteiger partial charge in [0.15, 0.2) is 5.78 Å². The summed E-state index contributed by atoms with van der Waals surface area (Å²) in [6, 6.07) is 47.9. The Morgan fingerprint density at radius 2 is 0.750 bits per heavy atom. The van der Waals surface area contributed by atoms with Crippen LogP contribution in [0.5, 0.6) is 0 Å². The van der Waals surface area contributed by atoms with Gasteiger partial charge in [0, 0.05) is 45.1 Å². The Hall–Kier alpha value is -4.63. The molecule has 0 aliphatic heterocycles. The maximum absolute atomic E-state index is 13.3. The van der Waals surface area contributed by atoms with Gasteiger partial charge < -0.3 is 9.80 Å². The predicted molar refractivity (Wildman–Crippen MR) is 169 cm³/mol. The smallest absolute Gasteiger partial charge is 0.168 e. The standard InChI is InChI=1S/C37H36N2O/c1-4-37(3,5-2)36(40)29-21-23-33(24-22-29)39(32-19-13-8-14-20-32)35-27-25-34(26-28-35)38(30-15-9-6-10-16-30)31-17-11-7-12-18-31/h6-28H,4-5H2,1-3H3. The van der Waals surface area contributed by atoms with Crippen molar-refractivity contribution in [2.75, 3.05) is 9.80 Å². The highest BCUT2D eigenvalue weighted by atomic mass is 16.1. The third-order valence-corrected chi connectivity index (χ3v) is 7.91. The van der Waals surface area contributed by atoms with Crippen LogP contribution in [0.4, 0.5) is 34.1 Å². The summed E-state index contributed by atoms with van der Waals surface area (Å²) in [5.74, 6) is 0.210. The molecule has 0 aliphatic rings.